The number of halogens is 1. The normalized spacial score (nSPS) is 13.2. The highest BCUT2D eigenvalue weighted by molar-refractivity contribution is 7.92. The van der Waals surface area contributed by atoms with Crippen molar-refractivity contribution >= 4 is 27.3 Å². The molecule has 6 nitrogen and oxygen atoms in total. The van der Waals surface area contributed by atoms with E-state index in [2.05, 4.69) is 9.71 Å². The van der Waals surface area contributed by atoms with Crippen LogP contribution in [0.5, 0.6) is 11.5 Å². The van der Waals surface area contributed by atoms with Gasteiger partial charge in [0.1, 0.15) is 10.0 Å². The summed E-state index contributed by atoms with van der Waals surface area (Å²) in [5.41, 5.74) is 0.379. The molecule has 3 rings (SSSR count). The first-order chi connectivity index (χ1) is 9.54. The summed E-state index contributed by atoms with van der Waals surface area (Å²) in [5.74, 6) is 1.08. The van der Waals surface area contributed by atoms with E-state index in [-0.39, 0.29) is 16.8 Å². The number of ether oxygens (including phenoxy) is 2. The number of benzene rings is 1. The Morgan fingerprint density at radius 2 is 1.95 bits per heavy atom. The summed E-state index contributed by atoms with van der Waals surface area (Å²) in [6.07, 6.45) is 1.19. The summed E-state index contributed by atoms with van der Waals surface area (Å²) in [7, 11) is -3.72. The van der Waals surface area contributed by atoms with Crippen LogP contribution in [0, 0.1) is 0 Å². The number of hydrogen-bond donors (Lipinski definition) is 1. The van der Waals surface area contributed by atoms with Crippen LogP contribution in [-0.2, 0) is 10.0 Å². The van der Waals surface area contributed by atoms with Crippen LogP contribution >= 0.6 is 11.6 Å². The third kappa shape index (κ3) is 2.50. The fraction of sp³-hybridized carbons (Fsp3) is 0.0833. The van der Waals surface area contributed by atoms with Gasteiger partial charge in [-0.1, -0.05) is 11.6 Å². The van der Waals surface area contributed by atoms with Gasteiger partial charge in [0.15, 0.2) is 11.5 Å². The molecule has 1 aliphatic heterocycles. The molecule has 0 spiro atoms. The summed E-state index contributed by atoms with van der Waals surface area (Å²) in [6, 6.07) is 7.58. The Bertz CT molecular complexity index is 747. The topological polar surface area (TPSA) is 77.5 Å². The molecule has 0 saturated carbocycles. The lowest BCUT2D eigenvalue weighted by Gasteiger charge is -2.08. The first kappa shape index (κ1) is 13.0. The van der Waals surface area contributed by atoms with E-state index in [0.717, 1.165) is 0 Å². The van der Waals surface area contributed by atoms with Crippen molar-refractivity contribution in [2.75, 3.05) is 11.5 Å². The second-order valence-corrected chi connectivity index (χ2v) is 6.06. The molecule has 0 radical (unpaired) electrons. The minimum atomic E-state index is -3.72. The highest BCUT2D eigenvalue weighted by atomic mass is 35.5. The van der Waals surface area contributed by atoms with Gasteiger partial charge in [-0.2, -0.15) is 0 Å². The molecule has 1 aromatic heterocycles. The molecule has 20 heavy (non-hydrogen) atoms. The van der Waals surface area contributed by atoms with Gasteiger partial charge < -0.3 is 9.47 Å². The standard InChI is InChI=1S/C12H9ClN2O4S/c13-12-4-2-9(6-14-12)20(16,17)15-8-1-3-10-11(5-8)19-7-18-10/h1-6,15H,7H2. The summed E-state index contributed by atoms with van der Waals surface area (Å²) in [6.45, 7) is 0.132. The summed E-state index contributed by atoms with van der Waals surface area (Å²) < 4.78 is 37.1. The zero-order valence-corrected chi connectivity index (χ0v) is 11.6. The van der Waals surface area contributed by atoms with Crippen molar-refractivity contribution in [3.05, 3.63) is 41.7 Å². The highest BCUT2D eigenvalue weighted by Crippen LogP contribution is 2.34. The lowest BCUT2D eigenvalue weighted by atomic mass is 10.3. The van der Waals surface area contributed by atoms with Crippen LogP contribution in [0.25, 0.3) is 0 Å². The number of fused-ring (bicyclic) bond motifs is 1. The minimum absolute atomic E-state index is 0.0274. The summed E-state index contributed by atoms with van der Waals surface area (Å²) >= 11 is 5.63. The number of nitrogens with zero attached hydrogens (tertiary/aromatic N) is 1. The SMILES string of the molecule is O=S(=O)(Nc1ccc2c(c1)OCO2)c1ccc(Cl)nc1. The number of nitrogens with one attached hydrogen (secondary N) is 1. The second-order valence-electron chi connectivity index (χ2n) is 3.99. The number of aromatic nitrogens is 1. The average molecular weight is 313 g/mol. The largest absolute Gasteiger partial charge is 0.454 e. The maximum absolute atomic E-state index is 12.1. The van der Waals surface area contributed by atoms with E-state index >= 15 is 0 Å². The third-order valence-corrected chi connectivity index (χ3v) is 4.23. The molecule has 0 amide bonds. The molecule has 0 atom stereocenters. The van der Waals surface area contributed by atoms with Crippen LogP contribution < -0.4 is 14.2 Å². The van der Waals surface area contributed by atoms with Crippen molar-refractivity contribution in [3.8, 4) is 11.5 Å². The molecule has 0 unspecified atom stereocenters. The zero-order valence-electron chi connectivity index (χ0n) is 10.0. The molecule has 1 N–H and O–H groups in total. The predicted molar refractivity (Wildman–Crippen MR) is 72.6 cm³/mol. The molecule has 0 aliphatic carbocycles. The predicted octanol–water partition coefficient (Wildman–Crippen LogP) is 2.26. The van der Waals surface area contributed by atoms with Gasteiger partial charge in [0.05, 0.1) is 5.69 Å². The van der Waals surface area contributed by atoms with Gasteiger partial charge in [-0.3, -0.25) is 4.72 Å². The minimum Gasteiger partial charge on any atom is -0.454 e. The quantitative estimate of drug-likeness (QED) is 0.880. The van der Waals surface area contributed by atoms with Crippen molar-refractivity contribution in [2.24, 2.45) is 0 Å². The first-order valence-electron chi connectivity index (χ1n) is 5.59. The van der Waals surface area contributed by atoms with Crippen LogP contribution in [0.3, 0.4) is 0 Å². The van der Waals surface area contributed by atoms with Crippen molar-refractivity contribution < 1.29 is 17.9 Å². The number of rotatable bonds is 3. The highest BCUT2D eigenvalue weighted by Gasteiger charge is 2.18. The number of pyridine rings is 1. The molecular formula is C12H9ClN2O4S. The van der Waals surface area contributed by atoms with E-state index in [9.17, 15) is 8.42 Å². The van der Waals surface area contributed by atoms with E-state index in [1.54, 1.807) is 18.2 Å². The van der Waals surface area contributed by atoms with Crippen LogP contribution in [0.1, 0.15) is 0 Å². The lowest BCUT2D eigenvalue weighted by Crippen LogP contribution is -2.13. The fourth-order valence-electron chi connectivity index (χ4n) is 1.70. The maximum atomic E-state index is 12.1. The van der Waals surface area contributed by atoms with E-state index in [1.807, 2.05) is 0 Å². The molecule has 0 bridgehead atoms. The number of sulfonamides is 1. The Labute approximate surface area is 120 Å². The van der Waals surface area contributed by atoms with Crippen LogP contribution in [0.2, 0.25) is 5.15 Å². The molecule has 1 aliphatic rings. The van der Waals surface area contributed by atoms with Gasteiger partial charge in [-0.05, 0) is 24.3 Å². The van der Waals surface area contributed by atoms with Gasteiger partial charge in [0, 0.05) is 12.3 Å². The van der Waals surface area contributed by atoms with Crippen LogP contribution in [0.4, 0.5) is 5.69 Å². The zero-order chi connectivity index (χ0) is 14.2. The lowest BCUT2D eigenvalue weighted by molar-refractivity contribution is 0.174. The first-order valence-corrected chi connectivity index (χ1v) is 7.45. The Morgan fingerprint density at radius 3 is 2.70 bits per heavy atom. The van der Waals surface area contributed by atoms with E-state index < -0.39 is 10.0 Å². The van der Waals surface area contributed by atoms with Gasteiger partial charge in [0.25, 0.3) is 10.0 Å². The molecule has 104 valence electrons. The average Bonchev–Trinajstić information content (AvgIpc) is 2.86. The molecule has 8 heteroatoms. The fourth-order valence-corrected chi connectivity index (χ4v) is 2.80. The van der Waals surface area contributed by atoms with E-state index in [1.165, 1.54) is 18.3 Å². The van der Waals surface area contributed by atoms with Crippen molar-refractivity contribution in [1.82, 2.24) is 4.98 Å². The maximum Gasteiger partial charge on any atom is 0.263 e. The monoisotopic (exact) mass is 312 g/mol. The smallest absolute Gasteiger partial charge is 0.263 e. The van der Waals surface area contributed by atoms with Crippen LogP contribution in [0.15, 0.2) is 41.4 Å². The van der Waals surface area contributed by atoms with Crippen molar-refractivity contribution in [3.63, 3.8) is 0 Å². The Hall–Kier alpha value is -1.99. The molecule has 0 fully saturated rings. The Kier molecular flexibility index (Phi) is 3.15. The van der Waals surface area contributed by atoms with E-state index in [0.29, 0.717) is 17.2 Å². The Balaban J connectivity index is 1.88. The molecular weight excluding hydrogens is 304 g/mol. The third-order valence-electron chi connectivity index (χ3n) is 2.64. The van der Waals surface area contributed by atoms with Gasteiger partial charge in [-0.25, -0.2) is 13.4 Å². The Morgan fingerprint density at radius 1 is 1.15 bits per heavy atom. The van der Waals surface area contributed by atoms with Gasteiger partial charge in [-0.15, -0.1) is 0 Å². The van der Waals surface area contributed by atoms with E-state index in [4.69, 9.17) is 21.1 Å². The van der Waals surface area contributed by atoms with Crippen molar-refractivity contribution in [1.29, 1.82) is 0 Å². The van der Waals surface area contributed by atoms with Gasteiger partial charge >= 0.3 is 0 Å². The summed E-state index contributed by atoms with van der Waals surface area (Å²) in [4.78, 5) is 3.77. The van der Waals surface area contributed by atoms with Crippen LogP contribution in [-0.4, -0.2) is 20.2 Å². The number of hydrogen-bond acceptors (Lipinski definition) is 5. The number of anilines is 1. The van der Waals surface area contributed by atoms with Gasteiger partial charge in [0.2, 0.25) is 6.79 Å². The molecule has 1 aromatic carbocycles. The summed E-state index contributed by atoms with van der Waals surface area (Å²) in [5, 5.41) is 0.229. The van der Waals surface area contributed by atoms with Crippen molar-refractivity contribution in [2.45, 2.75) is 4.90 Å². The molecule has 2 heterocycles. The molecule has 0 saturated heterocycles. The molecule has 2 aromatic rings. The second kappa shape index (κ2) is 4.84.